The van der Waals surface area contributed by atoms with Gasteiger partial charge in [0.15, 0.2) is 0 Å². The highest BCUT2D eigenvalue weighted by Gasteiger charge is 2.22. The molecule has 2 aromatic rings. The summed E-state index contributed by atoms with van der Waals surface area (Å²) in [6.07, 6.45) is 1.39. The number of hydrogen-bond acceptors (Lipinski definition) is 3. The number of fused-ring (bicyclic) bond motifs is 1. The van der Waals surface area contributed by atoms with Gasteiger partial charge in [0.25, 0.3) is 0 Å². The summed E-state index contributed by atoms with van der Waals surface area (Å²) in [6, 6.07) is 6.19. The molecular weight excluding hydrogens is 242 g/mol. The van der Waals surface area contributed by atoms with Crippen LogP contribution in [0.15, 0.2) is 24.5 Å². The lowest BCUT2D eigenvalue weighted by atomic mass is 9.84. The number of carbonyl (C=O) groups excluding carboxylic acids is 1. The van der Waals surface area contributed by atoms with Crippen LogP contribution >= 0.6 is 0 Å². The lowest BCUT2D eigenvalue weighted by molar-refractivity contribution is 0.168. The number of rotatable bonds is 3. The second-order valence-corrected chi connectivity index (χ2v) is 5.29. The smallest absolute Gasteiger partial charge is 0.406 e. The molecule has 0 bridgehead atoms. The Bertz CT molecular complexity index is 602. The third-order valence-corrected chi connectivity index (χ3v) is 3.37. The molecule has 1 aromatic carbocycles. The molecule has 1 amide bonds. The van der Waals surface area contributed by atoms with Crippen LogP contribution < -0.4 is 5.32 Å². The molecule has 0 aliphatic heterocycles. The maximum absolute atomic E-state index is 11.2. The van der Waals surface area contributed by atoms with Crippen molar-refractivity contribution >= 4 is 17.1 Å². The van der Waals surface area contributed by atoms with Gasteiger partial charge in [-0.25, -0.2) is 9.78 Å². The van der Waals surface area contributed by atoms with Gasteiger partial charge in [-0.2, -0.15) is 0 Å². The van der Waals surface area contributed by atoms with Crippen LogP contribution in [0.2, 0.25) is 0 Å². The molecule has 0 fully saturated rings. The van der Waals surface area contributed by atoms with Gasteiger partial charge in [-0.05, 0) is 17.7 Å². The molecule has 1 N–H and O–H groups in total. The average molecular weight is 261 g/mol. The minimum Gasteiger partial charge on any atom is -0.453 e. The minimum absolute atomic E-state index is 0.181. The van der Waals surface area contributed by atoms with E-state index in [0.29, 0.717) is 6.54 Å². The number of ether oxygens (including phenoxy) is 1. The number of aryl methyl sites for hydroxylation is 1. The van der Waals surface area contributed by atoms with Crippen molar-refractivity contribution in [3.05, 3.63) is 30.1 Å². The average Bonchev–Trinajstić information content (AvgIpc) is 2.77. The van der Waals surface area contributed by atoms with Crippen molar-refractivity contribution in [3.63, 3.8) is 0 Å². The molecule has 1 heterocycles. The Balaban J connectivity index is 2.24. The molecule has 2 rings (SSSR count). The molecule has 0 unspecified atom stereocenters. The van der Waals surface area contributed by atoms with E-state index in [-0.39, 0.29) is 5.41 Å². The third kappa shape index (κ3) is 2.70. The minimum atomic E-state index is -0.410. The summed E-state index contributed by atoms with van der Waals surface area (Å²) in [6.45, 7) is 4.66. The molecular formula is C14H19N3O2. The summed E-state index contributed by atoms with van der Waals surface area (Å²) in [5.74, 6) is 0. The van der Waals surface area contributed by atoms with Crippen LogP contribution in [0.25, 0.3) is 11.0 Å². The van der Waals surface area contributed by atoms with E-state index < -0.39 is 6.09 Å². The first-order valence-electron chi connectivity index (χ1n) is 6.17. The Morgan fingerprint density at radius 1 is 1.47 bits per heavy atom. The van der Waals surface area contributed by atoms with Gasteiger partial charge >= 0.3 is 6.09 Å². The molecule has 19 heavy (non-hydrogen) atoms. The summed E-state index contributed by atoms with van der Waals surface area (Å²) in [4.78, 5) is 15.5. The summed E-state index contributed by atoms with van der Waals surface area (Å²) in [5, 5.41) is 2.74. The third-order valence-electron chi connectivity index (χ3n) is 3.37. The zero-order valence-corrected chi connectivity index (χ0v) is 11.7. The number of imidazole rings is 1. The van der Waals surface area contributed by atoms with E-state index in [1.807, 2.05) is 11.6 Å². The Kier molecular flexibility index (Phi) is 3.46. The quantitative estimate of drug-likeness (QED) is 0.921. The molecule has 0 aliphatic rings. The number of alkyl carbamates (subject to hydrolysis) is 1. The second-order valence-electron chi connectivity index (χ2n) is 5.29. The SMILES string of the molecule is COC(=O)NCC(C)(C)c1ccc2c(c1)ncn2C. The molecule has 0 saturated carbocycles. The van der Waals surface area contributed by atoms with Crippen LogP contribution in [0.5, 0.6) is 0 Å². The van der Waals surface area contributed by atoms with E-state index in [4.69, 9.17) is 0 Å². The Hall–Kier alpha value is -2.04. The fraction of sp³-hybridized carbons (Fsp3) is 0.429. The van der Waals surface area contributed by atoms with Gasteiger partial charge in [-0.15, -0.1) is 0 Å². The highest BCUT2D eigenvalue weighted by Crippen LogP contribution is 2.25. The van der Waals surface area contributed by atoms with E-state index in [2.05, 4.69) is 47.1 Å². The lowest BCUT2D eigenvalue weighted by Gasteiger charge is -2.25. The highest BCUT2D eigenvalue weighted by molar-refractivity contribution is 5.76. The lowest BCUT2D eigenvalue weighted by Crippen LogP contribution is -2.36. The first-order chi connectivity index (χ1) is 8.94. The number of hydrogen-bond donors (Lipinski definition) is 1. The summed E-state index contributed by atoms with van der Waals surface area (Å²) < 4.78 is 6.57. The molecule has 5 heteroatoms. The molecule has 0 aliphatic carbocycles. The van der Waals surface area contributed by atoms with Crippen LogP contribution in [-0.2, 0) is 17.2 Å². The number of amides is 1. The van der Waals surface area contributed by atoms with Crippen molar-refractivity contribution in [2.45, 2.75) is 19.3 Å². The normalized spacial score (nSPS) is 11.6. The predicted molar refractivity (Wildman–Crippen MR) is 74.1 cm³/mol. The van der Waals surface area contributed by atoms with Gasteiger partial charge in [0.1, 0.15) is 0 Å². The second kappa shape index (κ2) is 4.91. The number of nitrogens with zero attached hydrogens (tertiary/aromatic N) is 2. The number of benzene rings is 1. The van der Waals surface area contributed by atoms with Gasteiger partial charge in [-0.1, -0.05) is 19.9 Å². The molecule has 0 atom stereocenters. The number of nitrogens with one attached hydrogen (secondary N) is 1. The Morgan fingerprint density at radius 3 is 2.89 bits per heavy atom. The van der Waals surface area contributed by atoms with Crippen molar-refractivity contribution in [1.29, 1.82) is 0 Å². The van der Waals surface area contributed by atoms with Gasteiger partial charge in [-0.3, -0.25) is 0 Å². The number of methoxy groups -OCH3 is 1. The zero-order chi connectivity index (χ0) is 14.0. The summed E-state index contributed by atoms with van der Waals surface area (Å²) in [5.41, 5.74) is 3.02. The topological polar surface area (TPSA) is 56.1 Å². The van der Waals surface area contributed by atoms with Crippen molar-refractivity contribution in [2.24, 2.45) is 7.05 Å². The van der Waals surface area contributed by atoms with Gasteiger partial charge in [0.05, 0.1) is 24.5 Å². The molecule has 0 spiro atoms. The van der Waals surface area contributed by atoms with Crippen LogP contribution in [0.3, 0.4) is 0 Å². The Morgan fingerprint density at radius 2 is 2.21 bits per heavy atom. The van der Waals surface area contributed by atoms with Crippen molar-refractivity contribution in [1.82, 2.24) is 14.9 Å². The first kappa shape index (κ1) is 13.4. The van der Waals surface area contributed by atoms with Crippen LogP contribution in [0.1, 0.15) is 19.4 Å². The van der Waals surface area contributed by atoms with Crippen molar-refractivity contribution in [3.8, 4) is 0 Å². The molecule has 1 aromatic heterocycles. The molecule has 5 nitrogen and oxygen atoms in total. The number of aromatic nitrogens is 2. The van der Waals surface area contributed by atoms with Crippen LogP contribution in [0.4, 0.5) is 4.79 Å². The van der Waals surface area contributed by atoms with E-state index >= 15 is 0 Å². The summed E-state index contributed by atoms with van der Waals surface area (Å²) >= 11 is 0. The predicted octanol–water partition coefficient (Wildman–Crippen LogP) is 2.21. The molecule has 0 radical (unpaired) electrons. The fourth-order valence-corrected chi connectivity index (χ4v) is 2.02. The van der Waals surface area contributed by atoms with Crippen molar-refractivity contribution < 1.29 is 9.53 Å². The highest BCUT2D eigenvalue weighted by atomic mass is 16.5. The van der Waals surface area contributed by atoms with E-state index in [9.17, 15) is 4.79 Å². The monoisotopic (exact) mass is 261 g/mol. The zero-order valence-electron chi connectivity index (χ0n) is 11.7. The van der Waals surface area contributed by atoms with Gasteiger partial charge < -0.3 is 14.6 Å². The van der Waals surface area contributed by atoms with Gasteiger partial charge in [0, 0.05) is 19.0 Å². The van der Waals surface area contributed by atoms with E-state index in [1.165, 1.54) is 7.11 Å². The summed E-state index contributed by atoms with van der Waals surface area (Å²) in [7, 11) is 3.33. The van der Waals surface area contributed by atoms with Crippen LogP contribution in [-0.4, -0.2) is 29.3 Å². The standard InChI is InChI=1S/C14H19N3O2/c1-14(2,8-15-13(18)19-4)10-5-6-12-11(7-10)16-9-17(12)3/h5-7,9H,8H2,1-4H3,(H,15,18). The van der Waals surface area contributed by atoms with E-state index in [0.717, 1.165) is 16.6 Å². The van der Waals surface area contributed by atoms with E-state index in [1.54, 1.807) is 6.33 Å². The molecule has 0 saturated heterocycles. The maximum atomic E-state index is 11.2. The largest absolute Gasteiger partial charge is 0.453 e. The first-order valence-corrected chi connectivity index (χ1v) is 6.17. The fourth-order valence-electron chi connectivity index (χ4n) is 2.02. The maximum Gasteiger partial charge on any atom is 0.406 e. The Labute approximate surface area is 112 Å². The van der Waals surface area contributed by atoms with Crippen molar-refractivity contribution in [2.75, 3.05) is 13.7 Å². The molecule has 102 valence electrons. The van der Waals surface area contributed by atoms with Crippen LogP contribution in [0, 0.1) is 0 Å². The van der Waals surface area contributed by atoms with Gasteiger partial charge in [0.2, 0.25) is 0 Å². The number of carbonyl (C=O) groups is 1.